The van der Waals surface area contributed by atoms with Gasteiger partial charge in [-0.05, 0) is 51.8 Å². The van der Waals surface area contributed by atoms with Gasteiger partial charge in [0.2, 0.25) is 17.7 Å². The van der Waals surface area contributed by atoms with Crippen LogP contribution in [0, 0.1) is 11.3 Å². The summed E-state index contributed by atoms with van der Waals surface area (Å²) < 4.78 is 6.33. The quantitative estimate of drug-likeness (QED) is 0.308. The standard InChI is InChI=1S/C33H43N9O3/c1-4-30(43)42-17-16-40(20-24(42)11-13-34)28-19-29(45-18-6-8-23-7-5-14-38(23)2)37-27-21-41(15-12-25(27)28)33-32-26(35-22-36-33)9-10-31(44)39(32)3/h4,19,22-24H,1,5-12,14-18,20-21H2,2-3H3/t23-,24-/m0/s1. The lowest BCUT2D eigenvalue weighted by Gasteiger charge is -2.43. The normalized spacial score (nSPS) is 21.8. The van der Waals surface area contributed by atoms with Crippen molar-refractivity contribution >= 4 is 29.0 Å². The highest BCUT2D eigenvalue weighted by Crippen LogP contribution is 2.38. The molecule has 6 rings (SSSR count). The first-order valence-electron chi connectivity index (χ1n) is 16.1. The predicted molar refractivity (Wildman–Crippen MR) is 171 cm³/mol. The summed E-state index contributed by atoms with van der Waals surface area (Å²) in [5.41, 5.74) is 4.79. The number of anilines is 3. The van der Waals surface area contributed by atoms with E-state index in [2.05, 4.69) is 44.4 Å². The number of aromatic nitrogens is 3. The van der Waals surface area contributed by atoms with Gasteiger partial charge in [-0.15, -0.1) is 0 Å². The Hall–Kier alpha value is -4.24. The van der Waals surface area contributed by atoms with Gasteiger partial charge in [0.15, 0.2) is 5.82 Å². The van der Waals surface area contributed by atoms with Crippen molar-refractivity contribution in [2.24, 2.45) is 0 Å². The second-order valence-electron chi connectivity index (χ2n) is 12.5. The van der Waals surface area contributed by atoms with Gasteiger partial charge in [-0.25, -0.2) is 15.0 Å². The van der Waals surface area contributed by atoms with E-state index in [1.807, 2.05) is 6.07 Å². The third-order valence-corrected chi connectivity index (χ3v) is 9.81. The number of hydrogen-bond acceptors (Lipinski definition) is 10. The van der Waals surface area contributed by atoms with Crippen LogP contribution in [0.5, 0.6) is 5.88 Å². The molecule has 2 atom stereocenters. The molecule has 12 heteroatoms. The number of hydrogen-bond donors (Lipinski definition) is 0. The van der Waals surface area contributed by atoms with Gasteiger partial charge < -0.3 is 29.2 Å². The molecule has 0 aliphatic carbocycles. The van der Waals surface area contributed by atoms with Crippen LogP contribution < -0.4 is 19.4 Å². The first kappa shape index (κ1) is 30.8. The lowest BCUT2D eigenvalue weighted by atomic mass is 9.99. The Morgan fingerprint density at radius 3 is 2.76 bits per heavy atom. The van der Waals surface area contributed by atoms with E-state index in [0.29, 0.717) is 64.1 Å². The third-order valence-electron chi connectivity index (χ3n) is 9.81. The number of piperazine rings is 1. The molecule has 2 amide bonds. The molecule has 2 aromatic heterocycles. The number of nitriles is 1. The molecule has 12 nitrogen and oxygen atoms in total. The smallest absolute Gasteiger partial charge is 0.246 e. The minimum Gasteiger partial charge on any atom is -0.478 e. The summed E-state index contributed by atoms with van der Waals surface area (Å²) in [5, 5.41) is 9.55. The number of carbonyl (C=O) groups is 2. The van der Waals surface area contributed by atoms with Crippen molar-refractivity contribution in [2.45, 2.75) is 70.0 Å². The maximum absolute atomic E-state index is 12.6. The van der Waals surface area contributed by atoms with E-state index in [1.54, 1.807) is 23.2 Å². The van der Waals surface area contributed by atoms with Crippen molar-refractivity contribution in [3.63, 3.8) is 0 Å². The fraction of sp³-hybridized carbons (Fsp3) is 0.576. The average molecular weight is 614 g/mol. The first-order chi connectivity index (χ1) is 21.9. The molecular weight excluding hydrogens is 570 g/mol. The molecule has 4 aliphatic rings. The highest BCUT2D eigenvalue weighted by Gasteiger charge is 2.34. The van der Waals surface area contributed by atoms with Crippen LogP contribution in [-0.4, -0.2) is 102 Å². The molecule has 0 unspecified atom stereocenters. The van der Waals surface area contributed by atoms with Gasteiger partial charge in [-0.1, -0.05) is 6.58 Å². The van der Waals surface area contributed by atoms with Gasteiger partial charge in [0.25, 0.3) is 0 Å². The first-order valence-corrected chi connectivity index (χ1v) is 16.1. The number of ether oxygens (including phenoxy) is 1. The fourth-order valence-electron chi connectivity index (χ4n) is 7.31. The fourth-order valence-corrected chi connectivity index (χ4v) is 7.31. The zero-order valence-electron chi connectivity index (χ0n) is 26.5. The highest BCUT2D eigenvalue weighted by atomic mass is 16.5. The number of nitrogens with zero attached hydrogens (tertiary/aromatic N) is 9. The van der Waals surface area contributed by atoms with E-state index in [0.717, 1.165) is 60.0 Å². The molecule has 0 saturated carbocycles. The number of amides is 2. The number of rotatable bonds is 9. The monoisotopic (exact) mass is 613 g/mol. The molecule has 0 spiro atoms. The second-order valence-corrected chi connectivity index (χ2v) is 12.5. The van der Waals surface area contributed by atoms with Crippen LogP contribution in [0.2, 0.25) is 0 Å². The highest BCUT2D eigenvalue weighted by molar-refractivity contribution is 5.98. The molecule has 0 N–H and O–H groups in total. The van der Waals surface area contributed by atoms with Crippen molar-refractivity contribution in [1.82, 2.24) is 24.8 Å². The lowest BCUT2D eigenvalue weighted by Crippen LogP contribution is -2.55. The molecule has 4 aliphatic heterocycles. The van der Waals surface area contributed by atoms with Crippen LogP contribution in [-0.2, 0) is 29.0 Å². The summed E-state index contributed by atoms with van der Waals surface area (Å²) in [6.07, 6.45) is 9.51. The maximum Gasteiger partial charge on any atom is 0.246 e. The minimum absolute atomic E-state index is 0.0665. The van der Waals surface area contributed by atoms with Crippen LogP contribution in [0.1, 0.15) is 55.5 Å². The van der Waals surface area contributed by atoms with Crippen molar-refractivity contribution in [2.75, 3.05) is 68.1 Å². The largest absolute Gasteiger partial charge is 0.478 e. The predicted octanol–water partition coefficient (Wildman–Crippen LogP) is 2.71. The maximum atomic E-state index is 12.6. The van der Waals surface area contributed by atoms with Crippen LogP contribution in [0.3, 0.4) is 0 Å². The molecule has 0 aromatic carbocycles. The number of pyridine rings is 1. The molecular formula is C33H43N9O3. The summed E-state index contributed by atoms with van der Waals surface area (Å²) in [5.74, 6) is 1.26. The molecule has 2 aromatic rings. The van der Waals surface area contributed by atoms with Crippen molar-refractivity contribution in [3.05, 3.63) is 42.0 Å². The van der Waals surface area contributed by atoms with Crippen molar-refractivity contribution in [3.8, 4) is 11.9 Å². The minimum atomic E-state index is -0.230. The summed E-state index contributed by atoms with van der Waals surface area (Å²) in [4.78, 5) is 49.7. The second kappa shape index (κ2) is 13.4. The molecule has 6 heterocycles. The Balaban J connectivity index is 1.28. The van der Waals surface area contributed by atoms with Crippen LogP contribution in [0.4, 0.5) is 17.2 Å². The van der Waals surface area contributed by atoms with E-state index in [4.69, 9.17) is 9.72 Å². The van der Waals surface area contributed by atoms with Crippen LogP contribution >= 0.6 is 0 Å². The average Bonchev–Trinajstić information content (AvgIpc) is 3.47. The molecule has 238 valence electrons. The molecule has 45 heavy (non-hydrogen) atoms. The Kier molecular flexibility index (Phi) is 9.16. The Morgan fingerprint density at radius 2 is 1.98 bits per heavy atom. The summed E-state index contributed by atoms with van der Waals surface area (Å²) in [6.45, 7) is 8.34. The van der Waals surface area contributed by atoms with Gasteiger partial charge in [-0.3, -0.25) is 9.59 Å². The van der Waals surface area contributed by atoms with E-state index in [9.17, 15) is 14.9 Å². The Morgan fingerprint density at radius 1 is 1.11 bits per heavy atom. The van der Waals surface area contributed by atoms with E-state index >= 15 is 0 Å². The zero-order valence-corrected chi connectivity index (χ0v) is 26.5. The molecule has 0 bridgehead atoms. The van der Waals surface area contributed by atoms with Gasteiger partial charge >= 0.3 is 0 Å². The van der Waals surface area contributed by atoms with E-state index in [1.165, 1.54) is 18.9 Å². The molecule has 2 fully saturated rings. The van der Waals surface area contributed by atoms with Gasteiger partial charge in [0, 0.05) is 69.4 Å². The SMILES string of the molecule is C=CC(=O)N1CCN(c2cc(OCCC[C@@H]3CCCN3C)nc3c2CCN(c2ncnc4c2N(C)C(=O)CC4)C3)C[C@@H]1CC#N. The number of fused-ring (bicyclic) bond motifs is 2. The Bertz CT molecular complexity index is 1490. The zero-order chi connectivity index (χ0) is 31.5. The summed E-state index contributed by atoms with van der Waals surface area (Å²) in [6, 6.07) is 4.70. The number of aryl methyl sites for hydroxylation is 1. The van der Waals surface area contributed by atoms with Gasteiger partial charge in [-0.2, -0.15) is 5.26 Å². The lowest BCUT2D eigenvalue weighted by molar-refractivity contribution is -0.128. The number of likely N-dealkylation sites (tertiary alicyclic amines) is 1. The van der Waals surface area contributed by atoms with Crippen molar-refractivity contribution in [1.29, 1.82) is 5.26 Å². The summed E-state index contributed by atoms with van der Waals surface area (Å²) in [7, 11) is 4.00. The van der Waals surface area contributed by atoms with Crippen LogP contribution in [0.15, 0.2) is 25.0 Å². The number of carbonyl (C=O) groups excluding carboxylic acids is 2. The van der Waals surface area contributed by atoms with Gasteiger partial charge in [0.05, 0.1) is 43.1 Å². The molecule has 2 saturated heterocycles. The molecule has 0 radical (unpaired) electrons. The summed E-state index contributed by atoms with van der Waals surface area (Å²) >= 11 is 0. The van der Waals surface area contributed by atoms with Crippen molar-refractivity contribution < 1.29 is 14.3 Å². The van der Waals surface area contributed by atoms with E-state index in [-0.39, 0.29) is 24.3 Å². The topological polar surface area (TPSA) is 122 Å². The Labute approximate surface area is 265 Å². The van der Waals surface area contributed by atoms with E-state index < -0.39 is 0 Å². The third kappa shape index (κ3) is 6.31. The van der Waals surface area contributed by atoms with Crippen LogP contribution in [0.25, 0.3) is 0 Å². The van der Waals surface area contributed by atoms with Gasteiger partial charge in [0.1, 0.15) is 12.0 Å².